The molecule has 6 saturated heterocycles. The van der Waals surface area contributed by atoms with Crippen molar-refractivity contribution in [1.29, 1.82) is 5.26 Å². The maximum absolute atomic E-state index is 15.2. The summed E-state index contributed by atoms with van der Waals surface area (Å²) in [5.74, 6) is -2.79. The number of methoxy groups -OCH3 is 3. The van der Waals surface area contributed by atoms with Crippen molar-refractivity contribution in [1.82, 2.24) is 62.6 Å². The molecule has 3 aliphatic carbocycles. The van der Waals surface area contributed by atoms with E-state index in [9.17, 15) is 58.3 Å². The van der Waals surface area contributed by atoms with Crippen LogP contribution in [-0.2, 0) is 105 Å². The van der Waals surface area contributed by atoms with Gasteiger partial charge in [-0.05, 0) is 156 Å². The second kappa shape index (κ2) is 46.3. The summed E-state index contributed by atoms with van der Waals surface area (Å²) in [5, 5.41) is 46.2. The van der Waals surface area contributed by atoms with E-state index in [1.54, 1.807) is 91.5 Å². The van der Waals surface area contributed by atoms with E-state index >= 15 is 9.59 Å². The van der Waals surface area contributed by atoms with Gasteiger partial charge in [0, 0.05) is 71.4 Å². The zero-order chi connectivity index (χ0) is 92.7. The molecule has 0 radical (unpaired) electrons. The Kier molecular flexibility index (Phi) is 35.0. The minimum absolute atomic E-state index is 0.00563. The molecular weight excluding hydrogens is 1680 g/mol. The molecule has 35 nitrogen and oxygen atoms in total. The lowest BCUT2D eigenvalue weighted by Gasteiger charge is -2.34. The first-order valence-electron chi connectivity index (χ1n) is 45.1. The lowest BCUT2D eigenvalue weighted by atomic mass is 9.76. The number of morpholine rings is 3. The van der Waals surface area contributed by atoms with Crippen LogP contribution in [0.1, 0.15) is 127 Å². The number of nitriles is 1. The van der Waals surface area contributed by atoms with Gasteiger partial charge in [0.25, 0.3) is 0 Å². The van der Waals surface area contributed by atoms with Crippen molar-refractivity contribution in [3.8, 4) is 35.7 Å². The quantitative estimate of drug-likeness (QED) is 0.0218. The summed E-state index contributed by atoms with van der Waals surface area (Å²) in [4.78, 5) is 179. The zero-order valence-corrected chi connectivity index (χ0v) is 75.1. The molecule has 16 atom stereocenters. The second-order valence-corrected chi connectivity index (χ2v) is 35.8. The van der Waals surface area contributed by atoms with E-state index in [4.69, 9.17) is 49.1 Å². The molecule has 0 bridgehead atoms. The zero-order valence-electron chi connectivity index (χ0n) is 75.1. The van der Waals surface area contributed by atoms with Crippen molar-refractivity contribution in [2.45, 2.75) is 213 Å². The van der Waals surface area contributed by atoms with Crippen LogP contribution in [0, 0.1) is 35.5 Å². The standard InChI is InChI=1S/C95H125N13O22/c1-8-12-72(97-81(111)55-108-37-42-127-71(52-108)51-95(58-130-95)86(115)76(45-60-13-9-10-14-60)101-90(119)78(47-62-20-27-69(123-6)28-21-62)103-88(117)73(31-32-96)98-80(110)53-106-33-38-125-39-34-106)87(116)102-77(46-61-18-25-68(122-5)26-19-61)89(118)100-75(85(114)94(4)57-129-94)50-65-17-24-67(44-65)66-16-11-15-64(43-66)49-74(84(113)93(3)56-128-93)99-91(120)79(48-63-22-29-70(124-7)30-23-63)104-92(121)83(59(2)109)105-82(112)54-107-35-40-126-41-36-107/h1,13,15,17-23,25-30,59,66-67,71-79,83,109H,9-12,14,16,24,31,33-58H2,2-7H3,(H,97,111)(H,98,110)(H,99,120)(H,100,118)(H,101,119)(H,102,116)(H,103,117)(H,104,121)(H,105,112). The molecule has 0 aromatic heterocycles. The third kappa shape index (κ3) is 28.1. The predicted molar refractivity (Wildman–Crippen MR) is 473 cm³/mol. The fraction of sp³-hybridized carbons (Fsp3) is 0.589. The van der Waals surface area contributed by atoms with E-state index in [1.807, 2.05) is 21.9 Å². The number of allylic oxidation sites excluding steroid dienone is 3. The summed E-state index contributed by atoms with van der Waals surface area (Å²) in [7, 11) is 4.55. The monoisotopic (exact) mass is 1800 g/mol. The molecule has 9 amide bonds. The molecule has 0 spiro atoms. The highest BCUT2D eigenvalue weighted by Gasteiger charge is 2.57. The number of rotatable bonds is 48. The number of hydrogen-bond acceptors (Lipinski definition) is 26. The first-order valence-corrected chi connectivity index (χ1v) is 45.1. The van der Waals surface area contributed by atoms with Gasteiger partial charge in [-0.3, -0.25) is 72.2 Å². The predicted octanol–water partition coefficient (Wildman–Crippen LogP) is 1.57. The average Bonchev–Trinajstić information content (AvgIpc) is 1.66. The van der Waals surface area contributed by atoms with Crippen LogP contribution in [0.2, 0.25) is 0 Å². The number of aliphatic hydroxyl groups is 1. The fourth-order valence-corrected chi connectivity index (χ4v) is 17.8. The highest BCUT2D eigenvalue weighted by molar-refractivity contribution is 6.02. The Labute approximate surface area is 758 Å². The third-order valence-electron chi connectivity index (χ3n) is 25.8. The summed E-state index contributed by atoms with van der Waals surface area (Å²) < 4.78 is 50.7. The topological polar surface area (TPSA) is 460 Å². The molecule has 35 heteroatoms. The number of ketones is 3. The summed E-state index contributed by atoms with van der Waals surface area (Å²) in [6, 6.07) is 11.3. The Morgan fingerprint density at radius 1 is 0.477 bits per heavy atom. The minimum atomic E-state index is -1.43. The Bertz CT molecular complexity index is 4690. The van der Waals surface area contributed by atoms with Gasteiger partial charge in [0.1, 0.15) is 64.7 Å². The Hall–Kier alpha value is -10.8. The van der Waals surface area contributed by atoms with Gasteiger partial charge in [0.15, 0.2) is 23.0 Å². The van der Waals surface area contributed by atoms with Crippen molar-refractivity contribution in [2.24, 2.45) is 11.8 Å². The summed E-state index contributed by atoms with van der Waals surface area (Å²) in [5.41, 5.74) is 0.936. The number of ether oxygens (including phenoxy) is 9. The van der Waals surface area contributed by atoms with E-state index in [1.165, 1.54) is 28.3 Å². The molecule has 130 heavy (non-hydrogen) atoms. The van der Waals surface area contributed by atoms with Gasteiger partial charge in [0.05, 0.1) is 137 Å². The molecule has 702 valence electrons. The van der Waals surface area contributed by atoms with Crippen LogP contribution in [0.3, 0.4) is 0 Å². The number of nitrogens with one attached hydrogen (secondary N) is 9. The molecule has 10 N–H and O–H groups in total. The Morgan fingerprint density at radius 3 is 1.31 bits per heavy atom. The molecule has 12 rings (SSSR count). The van der Waals surface area contributed by atoms with E-state index in [2.05, 4.69) is 65.9 Å². The van der Waals surface area contributed by atoms with Gasteiger partial charge in [0.2, 0.25) is 53.2 Å². The molecule has 9 aliphatic rings. The average molecular weight is 1800 g/mol. The molecule has 6 heterocycles. The van der Waals surface area contributed by atoms with E-state index in [0.29, 0.717) is 119 Å². The van der Waals surface area contributed by atoms with Crippen molar-refractivity contribution < 1.29 is 105 Å². The van der Waals surface area contributed by atoms with Crippen LogP contribution in [0.4, 0.5) is 0 Å². The fourth-order valence-electron chi connectivity index (χ4n) is 17.8. The van der Waals surface area contributed by atoms with Crippen molar-refractivity contribution in [2.75, 3.05) is 133 Å². The highest BCUT2D eigenvalue weighted by Crippen LogP contribution is 2.43. The Morgan fingerprint density at radius 2 is 0.877 bits per heavy atom. The highest BCUT2D eigenvalue weighted by atomic mass is 16.6. The van der Waals surface area contributed by atoms with Gasteiger partial charge in [-0.25, -0.2) is 0 Å². The molecule has 0 saturated carbocycles. The number of epoxide rings is 3. The number of amides is 9. The summed E-state index contributed by atoms with van der Waals surface area (Å²) in [6.07, 6.45) is 15.4. The first-order chi connectivity index (χ1) is 62.5. The number of carbonyl (C=O) groups excluding carboxylic acids is 12. The summed E-state index contributed by atoms with van der Waals surface area (Å²) in [6.45, 7) is 9.03. The number of benzene rings is 3. The number of nitrogens with zero attached hydrogens (tertiary/aromatic N) is 4. The first kappa shape index (κ1) is 98.2. The summed E-state index contributed by atoms with van der Waals surface area (Å²) >= 11 is 0. The number of terminal acetylenes is 1. The van der Waals surface area contributed by atoms with Crippen LogP contribution >= 0.6 is 0 Å². The second-order valence-electron chi connectivity index (χ2n) is 35.8. The molecule has 6 aliphatic heterocycles. The smallest absolute Gasteiger partial charge is 0.245 e. The lowest BCUT2D eigenvalue weighted by Crippen LogP contribution is -2.60. The number of hydrogen-bond donors (Lipinski definition) is 10. The van der Waals surface area contributed by atoms with E-state index < -0.39 is 149 Å². The maximum atomic E-state index is 15.2. The van der Waals surface area contributed by atoms with Crippen molar-refractivity contribution >= 4 is 70.5 Å². The van der Waals surface area contributed by atoms with Gasteiger partial charge >= 0.3 is 0 Å². The van der Waals surface area contributed by atoms with Crippen molar-refractivity contribution in [3.63, 3.8) is 0 Å². The van der Waals surface area contributed by atoms with Gasteiger partial charge < -0.3 is 95.6 Å². The maximum Gasteiger partial charge on any atom is 0.245 e. The molecule has 3 aromatic carbocycles. The number of carbonyl (C=O) groups is 12. The molecule has 3 aromatic rings. The molecule has 6 fully saturated rings. The van der Waals surface area contributed by atoms with Gasteiger partial charge in [-0.2, -0.15) is 5.26 Å². The Balaban J connectivity index is 0.671. The van der Waals surface area contributed by atoms with Gasteiger partial charge in [-0.15, -0.1) is 12.3 Å². The largest absolute Gasteiger partial charge is 0.497 e. The van der Waals surface area contributed by atoms with Crippen LogP contribution in [0.25, 0.3) is 0 Å². The number of aliphatic hydroxyl groups excluding tert-OH is 1. The van der Waals surface area contributed by atoms with Crippen LogP contribution in [0.5, 0.6) is 17.2 Å². The van der Waals surface area contributed by atoms with Gasteiger partial charge in [-0.1, -0.05) is 71.3 Å². The van der Waals surface area contributed by atoms with E-state index in [-0.39, 0.29) is 134 Å². The molecular formula is C95H125N13O22. The van der Waals surface area contributed by atoms with Crippen molar-refractivity contribution in [3.05, 3.63) is 124 Å². The normalized spacial score (nSPS) is 24.2. The molecule has 16 unspecified atom stereocenters. The van der Waals surface area contributed by atoms with Crippen LogP contribution < -0.4 is 62.1 Å². The SMILES string of the molecule is C#CCC(NC(=O)CN1CCOC(CC2(C(=O)C(CC3=CCCC3)NC(=O)C(Cc3ccc(OC)cc3)NC(=O)C(CC#N)NC(=O)CN3CCOCC3)CO2)C1)C(=O)NC(Cc1ccc(OC)cc1)C(=O)NC(CC1=CCC(C2CCC=C(CC(NC(=O)C(Cc3ccc(OC)cc3)NC(=O)C(NC(=O)CN3CCOCC3)C(C)O)C(=O)C3(C)CO3)C2)C1)C(=O)C1(C)CO1. The van der Waals surface area contributed by atoms with E-state index in [0.717, 1.165) is 36.0 Å². The minimum Gasteiger partial charge on any atom is -0.497 e. The van der Waals surface area contributed by atoms with Crippen LogP contribution in [-0.4, -0.2) is 307 Å². The lowest BCUT2D eigenvalue weighted by molar-refractivity contribution is -0.136. The van der Waals surface area contributed by atoms with Crippen LogP contribution in [0.15, 0.2) is 108 Å². The number of Topliss-reactive ketones (excluding diaryl/α,β-unsaturated/α-hetero) is 3. The third-order valence-corrected chi connectivity index (χ3v) is 25.8.